The third-order valence-corrected chi connectivity index (χ3v) is 6.45. The molecule has 2 aromatic carbocycles. The van der Waals surface area contributed by atoms with Crippen LogP contribution in [-0.2, 0) is 27.1 Å². The van der Waals surface area contributed by atoms with Gasteiger partial charge in [-0.2, -0.15) is 0 Å². The number of aromatic nitrogens is 1. The maximum atomic E-state index is 12.7. The first kappa shape index (κ1) is 28.9. The van der Waals surface area contributed by atoms with E-state index in [1.165, 1.54) is 0 Å². The molecule has 0 fully saturated rings. The summed E-state index contributed by atoms with van der Waals surface area (Å²) in [6, 6.07) is 17.6. The van der Waals surface area contributed by atoms with Crippen molar-refractivity contribution in [1.82, 2.24) is 9.88 Å². The maximum absolute atomic E-state index is 12.7. The highest BCUT2D eigenvalue weighted by Crippen LogP contribution is 2.26. The van der Waals surface area contributed by atoms with Crippen LogP contribution < -0.4 is 4.74 Å². The fourth-order valence-corrected chi connectivity index (χ4v) is 4.56. The molecule has 0 atom stereocenters. The molecule has 0 spiro atoms. The third-order valence-electron chi connectivity index (χ3n) is 6.45. The standard InChI is InChI=1S/C32H38N2O6/c1-6-37-30(35)27-15-17-34(31(36)40-32(3,4)5)21-25(27)19-23-11-10-14-26(20-23)38-18-16-28-22(2)39-29(33-28)24-12-8-7-9-13-24/h7-14,20H,6,15-19,21H2,1-5H3. The van der Waals surface area contributed by atoms with E-state index in [9.17, 15) is 9.59 Å². The molecule has 8 heteroatoms. The van der Waals surface area contributed by atoms with Crippen LogP contribution in [0.25, 0.3) is 11.5 Å². The smallest absolute Gasteiger partial charge is 0.410 e. The first-order valence-electron chi connectivity index (χ1n) is 13.7. The summed E-state index contributed by atoms with van der Waals surface area (Å²) in [4.78, 5) is 31.8. The van der Waals surface area contributed by atoms with Gasteiger partial charge in [-0.3, -0.25) is 0 Å². The Labute approximate surface area is 235 Å². The van der Waals surface area contributed by atoms with Gasteiger partial charge in [-0.25, -0.2) is 14.6 Å². The zero-order valence-corrected chi connectivity index (χ0v) is 24.0. The number of benzene rings is 2. The molecule has 0 unspecified atom stereocenters. The minimum absolute atomic E-state index is 0.298. The highest BCUT2D eigenvalue weighted by atomic mass is 16.6. The molecule has 3 aromatic rings. The maximum Gasteiger partial charge on any atom is 0.410 e. The molecule has 0 aliphatic carbocycles. The Kier molecular flexibility index (Phi) is 9.30. The average molecular weight is 547 g/mol. The van der Waals surface area contributed by atoms with Crippen molar-refractivity contribution in [3.63, 3.8) is 0 Å². The average Bonchev–Trinajstić information content (AvgIpc) is 3.29. The number of ether oxygens (including phenoxy) is 3. The molecule has 0 bridgehead atoms. The Morgan fingerprint density at radius 2 is 1.85 bits per heavy atom. The van der Waals surface area contributed by atoms with Gasteiger partial charge >= 0.3 is 12.1 Å². The fourth-order valence-electron chi connectivity index (χ4n) is 4.56. The molecule has 1 amide bonds. The molecular weight excluding hydrogens is 508 g/mol. The molecule has 0 N–H and O–H groups in total. The molecule has 1 aliphatic heterocycles. The molecule has 0 saturated carbocycles. The summed E-state index contributed by atoms with van der Waals surface area (Å²) < 4.78 is 22.8. The van der Waals surface area contributed by atoms with Crippen molar-refractivity contribution in [1.29, 1.82) is 0 Å². The zero-order valence-electron chi connectivity index (χ0n) is 24.0. The van der Waals surface area contributed by atoms with Crippen molar-refractivity contribution in [3.05, 3.63) is 82.8 Å². The van der Waals surface area contributed by atoms with Crippen LogP contribution in [0, 0.1) is 6.92 Å². The summed E-state index contributed by atoms with van der Waals surface area (Å²) in [5.41, 5.74) is 3.66. The molecule has 1 aliphatic rings. The van der Waals surface area contributed by atoms with E-state index in [0.29, 0.717) is 57.0 Å². The van der Waals surface area contributed by atoms with Gasteiger partial charge in [0.15, 0.2) is 0 Å². The van der Waals surface area contributed by atoms with Crippen LogP contribution in [0.1, 0.15) is 51.1 Å². The van der Waals surface area contributed by atoms with E-state index >= 15 is 0 Å². The van der Waals surface area contributed by atoms with E-state index in [1.54, 1.807) is 11.8 Å². The highest BCUT2D eigenvalue weighted by Gasteiger charge is 2.30. The van der Waals surface area contributed by atoms with Crippen molar-refractivity contribution in [2.24, 2.45) is 0 Å². The van der Waals surface area contributed by atoms with Crippen LogP contribution in [0.5, 0.6) is 5.75 Å². The van der Waals surface area contributed by atoms with Crippen LogP contribution in [0.15, 0.2) is 70.2 Å². The number of amides is 1. The highest BCUT2D eigenvalue weighted by molar-refractivity contribution is 5.90. The van der Waals surface area contributed by atoms with Crippen molar-refractivity contribution < 1.29 is 28.2 Å². The summed E-state index contributed by atoms with van der Waals surface area (Å²) >= 11 is 0. The second-order valence-corrected chi connectivity index (χ2v) is 10.8. The van der Waals surface area contributed by atoms with Gasteiger partial charge in [0.2, 0.25) is 5.89 Å². The Balaban J connectivity index is 1.43. The molecule has 1 aromatic heterocycles. The van der Waals surface area contributed by atoms with Gasteiger partial charge in [0.05, 0.1) is 18.9 Å². The van der Waals surface area contributed by atoms with Crippen LogP contribution in [0.3, 0.4) is 0 Å². The molecular formula is C32H38N2O6. The second kappa shape index (κ2) is 12.9. The van der Waals surface area contributed by atoms with Gasteiger partial charge in [0.25, 0.3) is 0 Å². The Hall–Kier alpha value is -4.07. The van der Waals surface area contributed by atoms with Gasteiger partial charge < -0.3 is 23.5 Å². The van der Waals surface area contributed by atoms with Gasteiger partial charge in [0, 0.05) is 30.6 Å². The summed E-state index contributed by atoms with van der Waals surface area (Å²) in [5.74, 6) is 1.78. The molecule has 0 saturated heterocycles. The molecule has 8 nitrogen and oxygen atoms in total. The molecule has 212 valence electrons. The predicted molar refractivity (Wildman–Crippen MR) is 152 cm³/mol. The van der Waals surface area contributed by atoms with E-state index in [-0.39, 0.29) is 12.1 Å². The number of esters is 1. The van der Waals surface area contributed by atoms with Gasteiger partial charge in [-0.05, 0) is 82.9 Å². The number of hydrogen-bond donors (Lipinski definition) is 0. The minimum atomic E-state index is -0.596. The van der Waals surface area contributed by atoms with E-state index in [4.69, 9.17) is 18.6 Å². The molecule has 0 radical (unpaired) electrons. The lowest BCUT2D eigenvalue weighted by molar-refractivity contribution is -0.139. The van der Waals surface area contributed by atoms with Crippen molar-refractivity contribution in [3.8, 4) is 17.2 Å². The summed E-state index contributed by atoms with van der Waals surface area (Å²) in [5, 5.41) is 0. The van der Waals surface area contributed by atoms with E-state index in [0.717, 1.165) is 33.9 Å². The lowest BCUT2D eigenvalue weighted by Crippen LogP contribution is -2.42. The Morgan fingerprint density at radius 3 is 2.58 bits per heavy atom. The van der Waals surface area contributed by atoms with Gasteiger partial charge in [0.1, 0.15) is 17.1 Å². The van der Waals surface area contributed by atoms with Crippen molar-refractivity contribution >= 4 is 12.1 Å². The second-order valence-electron chi connectivity index (χ2n) is 10.8. The zero-order chi connectivity index (χ0) is 28.7. The first-order valence-corrected chi connectivity index (χ1v) is 13.7. The number of carbonyl (C=O) groups is 2. The van der Waals surface area contributed by atoms with E-state index in [1.807, 2.05) is 82.3 Å². The quantitative estimate of drug-likeness (QED) is 0.290. The number of carbonyl (C=O) groups excluding carboxylic acids is 2. The monoisotopic (exact) mass is 546 g/mol. The van der Waals surface area contributed by atoms with Crippen LogP contribution in [-0.4, -0.2) is 53.9 Å². The fraction of sp³-hybridized carbons (Fsp3) is 0.406. The van der Waals surface area contributed by atoms with E-state index < -0.39 is 5.60 Å². The van der Waals surface area contributed by atoms with Crippen LogP contribution in [0.4, 0.5) is 4.79 Å². The van der Waals surface area contributed by atoms with Crippen LogP contribution in [0.2, 0.25) is 0 Å². The van der Waals surface area contributed by atoms with Crippen molar-refractivity contribution in [2.75, 3.05) is 26.3 Å². The van der Waals surface area contributed by atoms with Gasteiger partial charge in [-0.1, -0.05) is 30.3 Å². The Morgan fingerprint density at radius 1 is 1.07 bits per heavy atom. The molecule has 2 heterocycles. The van der Waals surface area contributed by atoms with Crippen LogP contribution >= 0.6 is 0 Å². The first-order chi connectivity index (χ1) is 19.1. The lowest BCUT2D eigenvalue weighted by Gasteiger charge is -2.32. The number of nitrogens with zero attached hydrogens (tertiary/aromatic N) is 2. The summed E-state index contributed by atoms with van der Waals surface area (Å²) in [6.45, 7) is 10.7. The topological polar surface area (TPSA) is 91.1 Å². The SMILES string of the molecule is CCOC(=O)C1=C(Cc2cccc(OCCc3nc(-c4ccccc4)oc3C)c2)CN(C(=O)OC(C)(C)C)CC1. The number of rotatable bonds is 9. The minimum Gasteiger partial charge on any atom is -0.493 e. The number of hydrogen-bond acceptors (Lipinski definition) is 7. The predicted octanol–water partition coefficient (Wildman–Crippen LogP) is 6.31. The largest absolute Gasteiger partial charge is 0.493 e. The summed E-state index contributed by atoms with van der Waals surface area (Å²) in [6.07, 6.45) is 1.14. The Bertz CT molecular complexity index is 1350. The summed E-state index contributed by atoms with van der Waals surface area (Å²) in [7, 11) is 0. The molecule has 40 heavy (non-hydrogen) atoms. The number of oxazole rings is 1. The van der Waals surface area contributed by atoms with Gasteiger partial charge in [-0.15, -0.1) is 0 Å². The normalized spacial score (nSPS) is 13.8. The molecule has 4 rings (SSSR count). The number of aryl methyl sites for hydroxylation is 1. The lowest BCUT2D eigenvalue weighted by atomic mass is 9.94. The third kappa shape index (κ3) is 7.74. The van der Waals surface area contributed by atoms with Crippen molar-refractivity contribution in [2.45, 2.75) is 59.5 Å². The van der Waals surface area contributed by atoms with E-state index in [2.05, 4.69) is 4.98 Å².